The molecule has 1 heterocycles. The molecule has 3 aromatic carbocycles. The molecule has 4 aromatic rings. The molecule has 0 aliphatic carbocycles. The summed E-state index contributed by atoms with van der Waals surface area (Å²) in [5.41, 5.74) is 8.63. The van der Waals surface area contributed by atoms with E-state index in [9.17, 15) is 5.11 Å². The van der Waals surface area contributed by atoms with Crippen LogP contribution in [0.5, 0.6) is 5.75 Å². The van der Waals surface area contributed by atoms with Crippen molar-refractivity contribution in [2.45, 2.75) is 6.92 Å². The molecule has 1 aromatic heterocycles. The van der Waals surface area contributed by atoms with Crippen LogP contribution >= 0.6 is 0 Å². The van der Waals surface area contributed by atoms with Gasteiger partial charge in [-0.3, -0.25) is 0 Å². The van der Waals surface area contributed by atoms with E-state index >= 15 is 0 Å². The lowest BCUT2D eigenvalue weighted by molar-refractivity contribution is 0.475. The van der Waals surface area contributed by atoms with Gasteiger partial charge in [0, 0.05) is 11.1 Å². The summed E-state index contributed by atoms with van der Waals surface area (Å²) in [6.45, 7) is 2.06. The largest absolute Gasteiger partial charge is 0.508 e. The SMILES string of the molecule is Cc1cccc(-c2cc(-c3ccccc3)nc(NN=Cc3ccc(O)cc3)n2)c1. The first-order valence-corrected chi connectivity index (χ1v) is 9.27. The summed E-state index contributed by atoms with van der Waals surface area (Å²) in [5.74, 6) is 0.634. The van der Waals surface area contributed by atoms with E-state index in [1.54, 1.807) is 30.5 Å². The Labute approximate surface area is 169 Å². The maximum atomic E-state index is 9.38. The van der Waals surface area contributed by atoms with Gasteiger partial charge in [-0.05, 0) is 48.9 Å². The first kappa shape index (κ1) is 18.4. The van der Waals surface area contributed by atoms with Crippen molar-refractivity contribution >= 4 is 12.2 Å². The Kier molecular flexibility index (Phi) is 5.29. The highest BCUT2D eigenvalue weighted by atomic mass is 16.3. The van der Waals surface area contributed by atoms with Gasteiger partial charge in [0.2, 0.25) is 5.95 Å². The average molecular weight is 380 g/mol. The predicted molar refractivity (Wildman–Crippen MR) is 117 cm³/mol. The molecule has 0 saturated carbocycles. The van der Waals surface area contributed by atoms with Gasteiger partial charge in [-0.2, -0.15) is 5.10 Å². The number of phenols is 1. The highest BCUT2D eigenvalue weighted by molar-refractivity contribution is 5.80. The fourth-order valence-corrected chi connectivity index (χ4v) is 2.93. The number of hydrazone groups is 1. The van der Waals surface area contributed by atoms with Crippen LogP contribution in [0.2, 0.25) is 0 Å². The molecule has 0 amide bonds. The van der Waals surface area contributed by atoms with E-state index in [-0.39, 0.29) is 5.75 Å². The first-order valence-electron chi connectivity index (χ1n) is 9.27. The van der Waals surface area contributed by atoms with Crippen molar-refractivity contribution in [3.8, 4) is 28.3 Å². The van der Waals surface area contributed by atoms with Crippen LogP contribution in [0.4, 0.5) is 5.95 Å². The van der Waals surface area contributed by atoms with Gasteiger partial charge in [-0.25, -0.2) is 15.4 Å². The lowest BCUT2D eigenvalue weighted by Gasteiger charge is -2.09. The fraction of sp³-hybridized carbons (Fsp3) is 0.0417. The topological polar surface area (TPSA) is 70.4 Å². The summed E-state index contributed by atoms with van der Waals surface area (Å²) >= 11 is 0. The molecule has 0 aliphatic heterocycles. The Morgan fingerprint density at radius 3 is 2.21 bits per heavy atom. The lowest BCUT2D eigenvalue weighted by Crippen LogP contribution is -2.00. The second-order valence-electron chi connectivity index (χ2n) is 6.66. The molecule has 5 nitrogen and oxygen atoms in total. The summed E-state index contributed by atoms with van der Waals surface area (Å²) in [6.07, 6.45) is 1.66. The van der Waals surface area contributed by atoms with Crippen molar-refractivity contribution < 1.29 is 5.11 Å². The van der Waals surface area contributed by atoms with E-state index in [0.717, 1.165) is 28.1 Å². The third kappa shape index (κ3) is 4.65. The number of nitrogens with one attached hydrogen (secondary N) is 1. The van der Waals surface area contributed by atoms with Crippen molar-refractivity contribution in [3.05, 3.63) is 96.1 Å². The molecule has 29 heavy (non-hydrogen) atoms. The lowest BCUT2D eigenvalue weighted by atomic mass is 10.1. The molecular formula is C24H20N4O. The Bertz CT molecular complexity index is 1140. The minimum atomic E-state index is 0.219. The summed E-state index contributed by atoms with van der Waals surface area (Å²) in [4.78, 5) is 9.26. The predicted octanol–water partition coefficient (Wildman–Crippen LogP) is 5.27. The molecular weight excluding hydrogens is 360 g/mol. The monoisotopic (exact) mass is 380 g/mol. The van der Waals surface area contributed by atoms with Crippen LogP contribution in [-0.2, 0) is 0 Å². The van der Waals surface area contributed by atoms with Crippen molar-refractivity contribution in [1.29, 1.82) is 0 Å². The third-order valence-electron chi connectivity index (χ3n) is 4.38. The van der Waals surface area contributed by atoms with Crippen LogP contribution in [0.15, 0.2) is 90.0 Å². The summed E-state index contributed by atoms with van der Waals surface area (Å²) in [6, 6.07) is 27.0. The summed E-state index contributed by atoms with van der Waals surface area (Å²) in [7, 11) is 0. The van der Waals surface area contributed by atoms with Crippen LogP contribution in [-0.4, -0.2) is 21.3 Å². The molecule has 4 rings (SSSR count). The van der Waals surface area contributed by atoms with Crippen LogP contribution in [0.1, 0.15) is 11.1 Å². The zero-order valence-electron chi connectivity index (χ0n) is 15.9. The van der Waals surface area contributed by atoms with E-state index in [4.69, 9.17) is 0 Å². The standard InChI is InChI=1S/C24H20N4O/c1-17-6-5-9-20(14-17)23-15-22(19-7-3-2-4-8-19)26-24(27-23)28-25-16-18-10-12-21(29)13-11-18/h2-16,29H,1H3,(H,26,27,28). The third-order valence-corrected chi connectivity index (χ3v) is 4.38. The minimum absolute atomic E-state index is 0.219. The van der Waals surface area contributed by atoms with Gasteiger partial charge in [-0.1, -0.05) is 54.1 Å². The van der Waals surface area contributed by atoms with Crippen LogP contribution in [0.25, 0.3) is 22.5 Å². The molecule has 0 radical (unpaired) electrons. The number of phenolic OH excluding ortho intramolecular Hbond substituents is 1. The number of aromatic nitrogens is 2. The van der Waals surface area contributed by atoms with Crippen molar-refractivity contribution in [3.63, 3.8) is 0 Å². The summed E-state index contributed by atoms with van der Waals surface area (Å²) in [5, 5.41) is 13.6. The van der Waals surface area contributed by atoms with Gasteiger partial charge in [-0.15, -0.1) is 0 Å². The maximum Gasteiger partial charge on any atom is 0.244 e. The fourth-order valence-electron chi connectivity index (χ4n) is 2.93. The Balaban J connectivity index is 1.68. The Morgan fingerprint density at radius 2 is 1.48 bits per heavy atom. The second-order valence-corrected chi connectivity index (χ2v) is 6.66. The van der Waals surface area contributed by atoms with E-state index < -0.39 is 0 Å². The molecule has 0 spiro atoms. The number of aromatic hydroxyl groups is 1. The molecule has 2 N–H and O–H groups in total. The molecule has 0 aliphatic rings. The number of hydrogen-bond donors (Lipinski definition) is 2. The molecule has 0 bridgehead atoms. The molecule has 0 fully saturated rings. The number of benzene rings is 3. The number of hydrogen-bond acceptors (Lipinski definition) is 5. The van der Waals surface area contributed by atoms with Crippen LogP contribution < -0.4 is 5.43 Å². The average Bonchev–Trinajstić information content (AvgIpc) is 2.76. The minimum Gasteiger partial charge on any atom is -0.508 e. The molecule has 142 valence electrons. The molecule has 0 saturated heterocycles. The van der Waals surface area contributed by atoms with Gasteiger partial charge in [0.1, 0.15) is 5.75 Å². The Hall–Kier alpha value is -3.99. The number of rotatable bonds is 5. The first-order chi connectivity index (χ1) is 14.2. The van der Waals surface area contributed by atoms with Crippen molar-refractivity contribution in [2.75, 3.05) is 5.43 Å². The van der Waals surface area contributed by atoms with Gasteiger partial charge >= 0.3 is 0 Å². The van der Waals surface area contributed by atoms with E-state index in [2.05, 4.69) is 39.6 Å². The summed E-state index contributed by atoms with van der Waals surface area (Å²) < 4.78 is 0. The van der Waals surface area contributed by atoms with Crippen molar-refractivity contribution in [2.24, 2.45) is 5.10 Å². The van der Waals surface area contributed by atoms with Gasteiger partial charge in [0.05, 0.1) is 17.6 Å². The molecule has 0 unspecified atom stereocenters. The van der Waals surface area contributed by atoms with Crippen LogP contribution in [0.3, 0.4) is 0 Å². The smallest absolute Gasteiger partial charge is 0.244 e. The highest BCUT2D eigenvalue weighted by Crippen LogP contribution is 2.25. The zero-order valence-corrected chi connectivity index (χ0v) is 15.9. The quantitative estimate of drug-likeness (QED) is 0.365. The highest BCUT2D eigenvalue weighted by Gasteiger charge is 2.08. The maximum absolute atomic E-state index is 9.38. The normalized spacial score (nSPS) is 10.9. The van der Waals surface area contributed by atoms with Crippen LogP contribution in [0, 0.1) is 6.92 Å². The van der Waals surface area contributed by atoms with E-state index in [1.807, 2.05) is 48.5 Å². The Morgan fingerprint density at radius 1 is 0.793 bits per heavy atom. The van der Waals surface area contributed by atoms with Gasteiger partial charge in [0.25, 0.3) is 0 Å². The molecule has 5 heteroatoms. The second kappa shape index (κ2) is 8.35. The number of anilines is 1. The van der Waals surface area contributed by atoms with Gasteiger partial charge in [0.15, 0.2) is 0 Å². The molecule has 0 atom stereocenters. The van der Waals surface area contributed by atoms with E-state index in [0.29, 0.717) is 5.95 Å². The van der Waals surface area contributed by atoms with E-state index in [1.165, 1.54) is 5.56 Å². The number of aryl methyl sites for hydroxylation is 1. The number of nitrogens with zero attached hydrogens (tertiary/aromatic N) is 3. The van der Waals surface area contributed by atoms with Crippen molar-refractivity contribution in [1.82, 2.24) is 9.97 Å². The zero-order chi connectivity index (χ0) is 20.1. The van der Waals surface area contributed by atoms with Gasteiger partial charge < -0.3 is 5.11 Å².